The van der Waals surface area contributed by atoms with Gasteiger partial charge in [-0.05, 0) is 25.1 Å². The smallest absolute Gasteiger partial charge is 0.314 e. The van der Waals surface area contributed by atoms with Crippen molar-refractivity contribution in [1.82, 2.24) is 10.1 Å². The number of hydrogen-bond acceptors (Lipinski definition) is 6. The van der Waals surface area contributed by atoms with E-state index in [9.17, 15) is 12.8 Å². The zero-order valence-corrected chi connectivity index (χ0v) is 10.4. The third kappa shape index (κ3) is 2.69. The molecule has 2 aromatic rings. The Balaban J connectivity index is 2.37. The van der Waals surface area contributed by atoms with Crippen molar-refractivity contribution in [2.24, 2.45) is 0 Å². The second-order valence-electron chi connectivity index (χ2n) is 3.51. The molecule has 1 aromatic heterocycles. The molecule has 0 unspecified atom stereocenters. The molecule has 2 rings (SSSR count). The summed E-state index contributed by atoms with van der Waals surface area (Å²) in [5, 5.41) is 12.1. The number of halogens is 1. The van der Waals surface area contributed by atoms with E-state index in [0.717, 1.165) is 18.2 Å². The van der Waals surface area contributed by atoms with Crippen LogP contribution in [0.25, 0.3) is 0 Å². The monoisotopic (exact) mass is 282 g/mol. The van der Waals surface area contributed by atoms with Gasteiger partial charge in [0.25, 0.3) is 10.0 Å². The molecular formula is C10H7FN4O3S. The molecule has 7 nitrogen and oxygen atoms in total. The lowest BCUT2D eigenvalue weighted by atomic mass is 10.2. The predicted molar refractivity (Wildman–Crippen MR) is 61.0 cm³/mol. The molecule has 19 heavy (non-hydrogen) atoms. The Morgan fingerprint density at radius 2 is 2.21 bits per heavy atom. The lowest BCUT2D eigenvalue weighted by Crippen LogP contribution is -2.13. The van der Waals surface area contributed by atoms with Crippen LogP contribution in [0, 0.1) is 24.1 Å². The lowest BCUT2D eigenvalue weighted by molar-refractivity contribution is 0.429. The first-order chi connectivity index (χ1) is 8.92. The average Bonchev–Trinajstić information content (AvgIpc) is 2.74. The third-order valence-electron chi connectivity index (χ3n) is 2.12. The minimum Gasteiger partial charge on any atom is -0.314 e. The summed E-state index contributed by atoms with van der Waals surface area (Å²) < 4.78 is 43.6. The van der Waals surface area contributed by atoms with Gasteiger partial charge in [0.05, 0.1) is 10.5 Å². The fourth-order valence-electron chi connectivity index (χ4n) is 1.27. The highest BCUT2D eigenvalue weighted by molar-refractivity contribution is 7.92. The quantitative estimate of drug-likeness (QED) is 0.905. The maximum atomic E-state index is 13.1. The normalized spacial score (nSPS) is 11.0. The number of nitriles is 1. The van der Waals surface area contributed by atoms with Crippen molar-refractivity contribution in [2.75, 3.05) is 4.72 Å². The first-order valence-corrected chi connectivity index (χ1v) is 6.43. The summed E-state index contributed by atoms with van der Waals surface area (Å²) in [5.41, 5.74) is -0.371. The van der Waals surface area contributed by atoms with E-state index in [1.807, 2.05) is 4.72 Å². The molecule has 0 radical (unpaired) electrons. The van der Waals surface area contributed by atoms with Gasteiger partial charge in [0.1, 0.15) is 11.9 Å². The van der Waals surface area contributed by atoms with Crippen molar-refractivity contribution in [2.45, 2.75) is 11.8 Å². The highest BCUT2D eigenvalue weighted by Crippen LogP contribution is 2.17. The van der Waals surface area contributed by atoms with Crippen LogP contribution in [0.4, 0.5) is 10.4 Å². The summed E-state index contributed by atoms with van der Waals surface area (Å²) in [6.07, 6.45) is 0. The van der Waals surface area contributed by atoms with E-state index in [2.05, 4.69) is 14.7 Å². The SMILES string of the molecule is Cc1noc(NS(=O)(=O)c2ccc(F)c(C#N)c2)n1. The number of benzene rings is 1. The fourth-order valence-corrected chi connectivity index (χ4v) is 2.22. The van der Waals surface area contributed by atoms with E-state index in [4.69, 9.17) is 5.26 Å². The van der Waals surface area contributed by atoms with Gasteiger partial charge in [0, 0.05) is 0 Å². The number of aryl methyl sites for hydroxylation is 1. The van der Waals surface area contributed by atoms with Crippen molar-refractivity contribution in [3.8, 4) is 6.07 Å². The molecule has 98 valence electrons. The van der Waals surface area contributed by atoms with Crippen molar-refractivity contribution >= 4 is 16.0 Å². The van der Waals surface area contributed by atoms with E-state index in [1.165, 1.54) is 6.92 Å². The van der Waals surface area contributed by atoms with E-state index in [0.29, 0.717) is 0 Å². The highest BCUT2D eigenvalue weighted by Gasteiger charge is 2.19. The highest BCUT2D eigenvalue weighted by atomic mass is 32.2. The molecule has 0 bridgehead atoms. The van der Waals surface area contributed by atoms with Crippen LogP contribution in [0.1, 0.15) is 11.4 Å². The first-order valence-electron chi connectivity index (χ1n) is 4.95. The summed E-state index contributed by atoms with van der Waals surface area (Å²) in [4.78, 5) is 3.40. The lowest BCUT2D eigenvalue weighted by Gasteiger charge is -2.04. The maximum absolute atomic E-state index is 13.1. The topological polar surface area (TPSA) is 109 Å². The summed E-state index contributed by atoms with van der Waals surface area (Å²) in [7, 11) is -4.01. The van der Waals surface area contributed by atoms with Gasteiger partial charge in [-0.15, -0.1) is 0 Å². The molecule has 0 saturated carbocycles. The Morgan fingerprint density at radius 1 is 1.47 bits per heavy atom. The van der Waals surface area contributed by atoms with E-state index in [-0.39, 0.29) is 22.3 Å². The van der Waals surface area contributed by atoms with Gasteiger partial charge < -0.3 is 4.52 Å². The largest absolute Gasteiger partial charge is 0.335 e. The number of nitrogens with zero attached hydrogens (tertiary/aromatic N) is 3. The van der Waals surface area contributed by atoms with Gasteiger partial charge in [0.2, 0.25) is 0 Å². The zero-order valence-electron chi connectivity index (χ0n) is 9.58. The molecule has 1 heterocycles. The molecule has 0 aliphatic rings. The maximum Gasteiger partial charge on any atom is 0.335 e. The van der Waals surface area contributed by atoms with Gasteiger partial charge >= 0.3 is 6.01 Å². The van der Waals surface area contributed by atoms with Crippen LogP contribution in [0.3, 0.4) is 0 Å². The number of hydrogen-bond donors (Lipinski definition) is 1. The molecule has 0 aliphatic heterocycles. The number of rotatable bonds is 3. The fraction of sp³-hybridized carbons (Fsp3) is 0.100. The van der Waals surface area contributed by atoms with Gasteiger partial charge in [-0.2, -0.15) is 10.2 Å². The van der Waals surface area contributed by atoms with Crippen molar-refractivity contribution in [3.63, 3.8) is 0 Å². The van der Waals surface area contributed by atoms with Crippen molar-refractivity contribution in [1.29, 1.82) is 5.26 Å². The Labute approximate surface area is 107 Å². The van der Waals surface area contributed by atoms with E-state index < -0.39 is 15.8 Å². The molecule has 0 saturated heterocycles. The zero-order chi connectivity index (χ0) is 14.0. The average molecular weight is 282 g/mol. The van der Waals surface area contributed by atoms with E-state index in [1.54, 1.807) is 6.07 Å². The van der Waals surface area contributed by atoms with Crippen LogP contribution in [-0.2, 0) is 10.0 Å². The predicted octanol–water partition coefficient (Wildman–Crippen LogP) is 1.19. The van der Waals surface area contributed by atoms with Crippen LogP contribution in [0.5, 0.6) is 0 Å². The second-order valence-corrected chi connectivity index (χ2v) is 5.19. The van der Waals surface area contributed by atoms with Crippen molar-refractivity contribution < 1.29 is 17.3 Å². The van der Waals surface area contributed by atoms with Gasteiger partial charge in [0.15, 0.2) is 5.82 Å². The van der Waals surface area contributed by atoms with Crippen LogP contribution < -0.4 is 4.72 Å². The first kappa shape index (κ1) is 13.0. The Hall–Kier alpha value is -2.47. The molecule has 0 aliphatic carbocycles. The molecule has 9 heteroatoms. The minimum absolute atomic E-state index is 0.259. The number of nitrogens with one attached hydrogen (secondary N) is 1. The molecule has 0 atom stereocenters. The summed E-state index contributed by atoms with van der Waals surface area (Å²) >= 11 is 0. The summed E-state index contributed by atoms with van der Waals surface area (Å²) in [5.74, 6) is -0.537. The molecular weight excluding hydrogens is 275 g/mol. The molecule has 0 fully saturated rings. The van der Waals surface area contributed by atoms with Gasteiger partial charge in [-0.1, -0.05) is 5.16 Å². The second kappa shape index (κ2) is 4.66. The molecule has 0 spiro atoms. The van der Waals surface area contributed by atoms with Crippen LogP contribution >= 0.6 is 0 Å². The number of anilines is 1. The Bertz CT molecular complexity index is 763. The molecule has 1 aromatic carbocycles. The van der Waals surface area contributed by atoms with Crippen LogP contribution in [0.15, 0.2) is 27.6 Å². The van der Waals surface area contributed by atoms with Gasteiger partial charge in [-0.25, -0.2) is 17.5 Å². The van der Waals surface area contributed by atoms with Crippen molar-refractivity contribution in [3.05, 3.63) is 35.4 Å². The Morgan fingerprint density at radius 3 is 2.79 bits per heavy atom. The Kier molecular flexibility index (Phi) is 3.18. The summed E-state index contributed by atoms with van der Waals surface area (Å²) in [6, 6.07) is 4.09. The summed E-state index contributed by atoms with van der Waals surface area (Å²) in [6.45, 7) is 1.52. The van der Waals surface area contributed by atoms with E-state index >= 15 is 0 Å². The van der Waals surface area contributed by atoms with Crippen LogP contribution in [-0.4, -0.2) is 18.6 Å². The van der Waals surface area contributed by atoms with Gasteiger partial charge in [-0.3, -0.25) is 0 Å². The number of sulfonamides is 1. The van der Waals surface area contributed by atoms with Crippen LogP contribution in [0.2, 0.25) is 0 Å². The molecule has 1 N–H and O–H groups in total. The standard InChI is InChI=1S/C10H7FN4O3S/c1-6-13-10(18-14-6)15-19(16,17)8-2-3-9(11)7(4-8)5-12/h2-4H,1H3,(H,13,14,15). The third-order valence-corrected chi connectivity index (χ3v) is 3.44. The minimum atomic E-state index is -4.01. The number of aromatic nitrogens is 2. The molecule has 0 amide bonds.